The van der Waals surface area contributed by atoms with Crippen LogP contribution in [0.2, 0.25) is 0 Å². The summed E-state index contributed by atoms with van der Waals surface area (Å²) in [6, 6.07) is 0. The number of carbonyl (C=O) groups is 1. The van der Waals surface area contributed by atoms with Crippen molar-refractivity contribution < 1.29 is 9.69 Å². The van der Waals surface area contributed by atoms with Crippen molar-refractivity contribution in [1.82, 2.24) is 10.2 Å². The van der Waals surface area contributed by atoms with Gasteiger partial charge in [0.25, 0.3) is 0 Å². The van der Waals surface area contributed by atoms with E-state index in [9.17, 15) is 4.79 Å². The smallest absolute Gasteiger partial charge is 0.243 e. The molecule has 7 heteroatoms. The minimum atomic E-state index is -0.0133. The molecule has 0 fully saturated rings. The zero-order chi connectivity index (χ0) is 24.6. The van der Waals surface area contributed by atoms with Crippen LogP contribution in [-0.4, -0.2) is 50.1 Å². The Balaban J connectivity index is 2.25. The molecule has 0 saturated heterocycles. The Morgan fingerprint density at radius 1 is 1.27 bits per heavy atom. The third-order valence-electron chi connectivity index (χ3n) is 5.70. The third-order valence-corrected chi connectivity index (χ3v) is 5.70. The van der Waals surface area contributed by atoms with Gasteiger partial charge in [-0.25, -0.2) is 0 Å². The van der Waals surface area contributed by atoms with E-state index in [0.29, 0.717) is 19.0 Å². The number of nitrogens with one attached hydrogen (secondary N) is 2. The maximum atomic E-state index is 12.2. The van der Waals surface area contributed by atoms with Crippen molar-refractivity contribution in [2.24, 2.45) is 22.4 Å². The van der Waals surface area contributed by atoms with Crippen molar-refractivity contribution in [3.05, 3.63) is 47.3 Å². The average molecular weight is 460 g/mol. The minimum Gasteiger partial charge on any atom is -0.370 e. The topological polar surface area (TPSA) is 101 Å². The van der Waals surface area contributed by atoms with Crippen molar-refractivity contribution >= 4 is 11.9 Å². The van der Waals surface area contributed by atoms with Gasteiger partial charge in [-0.2, -0.15) is 0 Å². The lowest BCUT2D eigenvalue weighted by molar-refractivity contribution is -0.842. The Morgan fingerprint density at radius 3 is 2.73 bits per heavy atom. The summed E-state index contributed by atoms with van der Waals surface area (Å²) in [7, 11) is 2.16. The van der Waals surface area contributed by atoms with E-state index in [1.807, 2.05) is 6.08 Å². The van der Waals surface area contributed by atoms with Crippen LogP contribution in [0, 0.1) is 5.92 Å². The molecule has 186 valence electrons. The zero-order valence-electron chi connectivity index (χ0n) is 21.5. The number of aliphatic imine (C=N–C) groups is 1. The van der Waals surface area contributed by atoms with Crippen molar-refractivity contribution in [3.8, 4) is 0 Å². The van der Waals surface area contributed by atoms with Gasteiger partial charge in [0, 0.05) is 26.1 Å². The molecule has 0 aromatic carbocycles. The van der Waals surface area contributed by atoms with Crippen LogP contribution >= 0.6 is 0 Å². The highest BCUT2D eigenvalue weighted by Crippen LogP contribution is 2.12. The molecule has 1 aliphatic heterocycles. The van der Waals surface area contributed by atoms with Gasteiger partial charge in [0.15, 0.2) is 12.6 Å². The average Bonchev–Trinajstić information content (AvgIpc) is 3.08. The first-order valence-electron chi connectivity index (χ1n) is 12.2. The van der Waals surface area contributed by atoms with Gasteiger partial charge in [-0.15, -0.1) is 0 Å². The van der Waals surface area contributed by atoms with Crippen LogP contribution in [0.5, 0.6) is 0 Å². The van der Waals surface area contributed by atoms with E-state index in [2.05, 4.69) is 68.3 Å². The van der Waals surface area contributed by atoms with Crippen molar-refractivity contribution in [1.29, 1.82) is 0 Å². The van der Waals surface area contributed by atoms with Gasteiger partial charge in [-0.05, 0) is 64.9 Å². The molecule has 0 aliphatic carbocycles. The van der Waals surface area contributed by atoms with Crippen LogP contribution in [0.1, 0.15) is 66.2 Å². The van der Waals surface area contributed by atoms with E-state index in [-0.39, 0.29) is 11.9 Å². The number of guanidine groups is 1. The van der Waals surface area contributed by atoms with Gasteiger partial charge in [0.1, 0.15) is 5.70 Å². The zero-order valence-corrected chi connectivity index (χ0v) is 21.5. The number of amides is 1. The monoisotopic (exact) mass is 459 g/mol. The molecule has 1 heterocycles. The minimum absolute atomic E-state index is 0.0133. The first-order valence-corrected chi connectivity index (χ1v) is 12.2. The molecule has 0 spiro atoms. The van der Waals surface area contributed by atoms with Crippen molar-refractivity contribution in [2.45, 2.75) is 66.2 Å². The van der Waals surface area contributed by atoms with Crippen LogP contribution in [-0.2, 0) is 4.79 Å². The fraction of sp³-hybridized carbons (Fsp3) is 0.615. The highest BCUT2D eigenvalue weighted by molar-refractivity contribution is 5.87. The molecular weight excluding hydrogens is 412 g/mol. The van der Waals surface area contributed by atoms with Crippen molar-refractivity contribution in [2.75, 3.05) is 33.4 Å². The predicted octanol–water partition coefficient (Wildman–Crippen LogP) is 2.45. The summed E-state index contributed by atoms with van der Waals surface area (Å²) in [6.45, 7) is 11.8. The van der Waals surface area contributed by atoms with E-state index >= 15 is 0 Å². The number of nitrogens with zero attached hydrogens (tertiary/aromatic N) is 2. The molecule has 33 heavy (non-hydrogen) atoms. The molecule has 0 saturated carbocycles. The van der Waals surface area contributed by atoms with Crippen LogP contribution in [0.25, 0.3) is 0 Å². The Hall–Kier alpha value is -2.54. The second kappa shape index (κ2) is 16.1. The second-order valence-electron chi connectivity index (χ2n) is 9.39. The lowest BCUT2D eigenvalue weighted by Crippen LogP contribution is -3.06. The predicted molar refractivity (Wildman–Crippen MR) is 139 cm³/mol. The number of rotatable bonds is 15. The molecule has 2 atom stereocenters. The van der Waals surface area contributed by atoms with Crippen LogP contribution in [0.3, 0.4) is 0 Å². The highest BCUT2D eigenvalue weighted by Gasteiger charge is 2.21. The van der Waals surface area contributed by atoms with E-state index in [1.165, 1.54) is 21.7 Å². The standard InChI is InChI=1S/C26H46N6O/c1-21(2)9-6-10-22(3)11-7-12-23(4)13-14-25(33)29-17-15-24-19-32(20-31(24)5)18-8-16-30-26(27)28/h9,11,13-14,19,23H,6-8,10,12,15-18,20H2,1-5H3,(H,29,33)(H4,27,28,30)/p+1. The third kappa shape index (κ3) is 14.3. The maximum absolute atomic E-state index is 12.2. The largest absolute Gasteiger partial charge is 0.370 e. The molecular formula is C26H47N6O+. The van der Waals surface area contributed by atoms with Gasteiger partial charge in [-0.3, -0.25) is 14.7 Å². The lowest BCUT2D eigenvalue weighted by Gasteiger charge is -2.14. The molecule has 2 unspecified atom stereocenters. The fourth-order valence-corrected chi connectivity index (χ4v) is 3.70. The quantitative estimate of drug-likeness (QED) is 0.0993. The summed E-state index contributed by atoms with van der Waals surface area (Å²) in [5.41, 5.74) is 14.8. The summed E-state index contributed by atoms with van der Waals surface area (Å²) >= 11 is 0. The molecule has 0 aromatic rings. The number of quaternary nitrogens is 1. The molecule has 0 radical (unpaired) electrons. The first kappa shape index (κ1) is 28.5. The lowest BCUT2D eigenvalue weighted by atomic mass is 10.0. The van der Waals surface area contributed by atoms with Crippen molar-refractivity contribution in [3.63, 3.8) is 0 Å². The second-order valence-corrected chi connectivity index (χ2v) is 9.39. The molecule has 0 bridgehead atoms. The van der Waals surface area contributed by atoms with E-state index in [1.54, 1.807) is 6.08 Å². The van der Waals surface area contributed by atoms with Gasteiger partial charge < -0.3 is 21.7 Å². The molecule has 6 N–H and O–H groups in total. The molecule has 7 nitrogen and oxygen atoms in total. The number of nitrogens with two attached hydrogens (primary N) is 2. The summed E-state index contributed by atoms with van der Waals surface area (Å²) in [4.78, 5) is 19.8. The molecule has 1 amide bonds. The Bertz CT molecular complexity index is 742. The highest BCUT2D eigenvalue weighted by atomic mass is 16.1. The number of carbonyl (C=O) groups excluding carboxylic acids is 1. The van der Waals surface area contributed by atoms with Gasteiger partial charge >= 0.3 is 0 Å². The van der Waals surface area contributed by atoms with E-state index in [4.69, 9.17) is 11.5 Å². The number of allylic oxidation sites excluding steroid dienone is 5. The Kier molecular flexibility index (Phi) is 13.9. The Morgan fingerprint density at radius 2 is 2.03 bits per heavy atom. The number of hydrogen-bond acceptors (Lipinski definition) is 3. The summed E-state index contributed by atoms with van der Waals surface area (Å²) in [5.74, 6) is 0.520. The van der Waals surface area contributed by atoms with Crippen LogP contribution in [0.4, 0.5) is 0 Å². The molecule has 1 aliphatic rings. The molecule has 0 aromatic heterocycles. The molecule has 1 rings (SSSR count). The van der Waals surface area contributed by atoms with E-state index in [0.717, 1.165) is 51.7 Å². The maximum Gasteiger partial charge on any atom is 0.243 e. The first-order chi connectivity index (χ1) is 15.7. The summed E-state index contributed by atoms with van der Waals surface area (Å²) in [6.07, 6.45) is 16.7. The van der Waals surface area contributed by atoms with Gasteiger partial charge in [-0.1, -0.05) is 36.3 Å². The van der Waals surface area contributed by atoms with Crippen LogP contribution < -0.4 is 21.7 Å². The van der Waals surface area contributed by atoms with Crippen LogP contribution in [0.15, 0.2) is 52.3 Å². The van der Waals surface area contributed by atoms with Gasteiger partial charge in [0.05, 0.1) is 13.2 Å². The Labute approximate surface area is 201 Å². The van der Waals surface area contributed by atoms with E-state index < -0.39 is 0 Å². The summed E-state index contributed by atoms with van der Waals surface area (Å²) in [5, 5.41) is 3.01. The SMILES string of the molecule is CC(C)=CCCC(C)=CCCC(C)C=CC(=O)NCCC1=CN(CCCN=C(N)N)C[NH+]1C. The normalized spacial score (nSPS) is 17.1. The number of hydrogen-bond donors (Lipinski definition) is 4. The fourth-order valence-electron chi connectivity index (χ4n) is 3.70. The van der Waals surface area contributed by atoms with Gasteiger partial charge in [0.2, 0.25) is 5.91 Å². The summed E-state index contributed by atoms with van der Waals surface area (Å²) < 4.78 is 0.